The first-order chi connectivity index (χ1) is 12.9. The van der Waals surface area contributed by atoms with Crippen LogP contribution >= 0.6 is 24.0 Å². The van der Waals surface area contributed by atoms with E-state index < -0.39 is 5.60 Å². The fraction of sp³-hybridized carbons (Fsp3) is 0.895. The normalized spacial score (nSPS) is 15.5. The molecule has 28 heavy (non-hydrogen) atoms. The van der Waals surface area contributed by atoms with Gasteiger partial charge in [-0.2, -0.15) is 0 Å². The second kappa shape index (κ2) is 15.1. The highest BCUT2D eigenvalue weighted by Crippen LogP contribution is 2.10. The predicted octanol–water partition coefficient (Wildman–Crippen LogP) is 2.14. The van der Waals surface area contributed by atoms with Gasteiger partial charge in [-0.1, -0.05) is 6.92 Å². The summed E-state index contributed by atoms with van der Waals surface area (Å²) in [5.74, 6) is 0.784. The molecule has 1 fully saturated rings. The average molecular weight is 513 g/mol. The highest BCUT2D eigenvalue weighted by molar-refractivity contribution is 14.0. The molecule has 9 heteroatoms. The van der Waals surface area contributed by atoms with Crippen LogP contribution in [0.3, 0.4) is 0 Å². The van der Waals surface area contributed by atoms with Gasteiger partial charge in [0.25, 0.3) is 0 Å². The van der Waals surface area contributed by atoms with E-state index in [1.54, 1.807) is 4.90 Å². The molecule has 0 saturated carbocycles. The van der Waals surface area contributed by atoms with Gasteiger partial charge in [-0.05, 0) is 34.1 Å². The number of carbonyl (C=O) groups is 1. The third-order valence-corrected chi connectivity index (χ3v) is 3.95. The van der Waals surface area contributed by atoms with E-state index in [-0.39, 0.29) is 30.1 Å². The molecule has 0 unspecified atom stereocenters. The van der Waals surface area contributed by atoms with Crippen LogP contribution in [0.1, 0.15) is 41.0 Å². The van der Waals surface area contributed by atoms with Crippen molar-refractivity contribution in [3.05, 3.63) is 0 Å². The zero-order chi connectivity index (χ0) is 20.1. The molecule has 1 aliphatic rings. The summed E-state index contributed by atoms with van der Waals surface area (Å²) in [6, 6.07) is 0. The summed E-state index contributed by atoms with van der Waals surface area (Å²) in [7, 11) is 0. The maximum absolute atomic E-state index is 12.3. The zero-order valence-corrected chi connectivity index (χ0v) is 20.6. The molecule has 0 aromatic rings. The quantitative estimate of drug-likeness (QED) is 0.280. The van der Waals surface area contributed by atoms with Crippen molar-refractivity contribution in [2.75, 3.05) is 65.6 Å². The summed E-state index contributed by atoms with van der Waals surface area (Å²) in [4.78, 5) is 21.1. The van der Waals surface area contributed by atoms with Gasteiger partial charge in [0.1, 0.15) is 5.60 Å². The molecule has 1 heterocycles. The molecule has 0 aromatic heterocycles. The molecule has 1 rings (SSSR count). The molecule has 0 bridgehead atoms. The van der Waals surface area contributed by atoms with E-state index >= 15 is 0 Å². The molecule has 0 aliphatic carbocycles. The maximum Gasteiger partial charge on any atom is 0.410 e. The van der Waals surface area contributed by atoms with Crippen molar-refractivity contribution in [2.24, 2.45) is 4.99 Å². The van der Waals surface area contributed by atoms with Crippen LogP contribution in [0.25, 0.3) is 0 Å². The second-order valence-corrected chi connectivity index (χ2v) is 7.61. The minimum atomic E-state index is -0.480. The molecule has 1 saturated heterocycles. The lowest BCUT2D eigenvalue weighted by Crippen LogP contribution is -2.45. The van der Waals surface area contributed by atoms with Gasteiger partial charge in [0.05, 0.1) is 19.8 Å². The van der Waals surface area contributed by atoms with Crippen molar-refractivity contribution in [2.45, 2.75) is 46.6 Å². The summed E-state index contributed by atoms with van der Waals surface area (Å²) >= 11 is 0. The predicted molar refractivity (Wildman–Crippen MR) is 125 cm³/mol. The Bertz CT molecular complexity index is 451. The molecule has 1 amide bonds. The molecule has 166 valence electrons. The molecule has 8 nitrogen and oxygen atoms in total. The van der Waals surface area contributed by atoms with Gasteiger partial charge in [-0.3, -0.25) is 9.89 Å². The van der Waals surface area contributed by atoms with Crippen LogP contribution < -0.4 is 10.6 Å². The lowest BCUT2D eigenvalue weighted by Gasteiger charge is -2.27. The van der Waals surface area contributed by atoms with Crippen molar-refractivity contribution >= 4 is 36.0 Å². The minimum absolute atomic E-state index is 0. The van der Waals surface area contributed by atoms with Crippen LogP contribution in [0.4, 0.5) is 4.79 Å². The summed E-state index contributed by atoms with van der Waals surface area (Å²) in [6.45, 7) is 17.7. The largest absolute Gasteiger partial charge is 0.444 e. The van der Waals surface area contributed by atoms with Crippen LogP contribution in [-0.2, 0) is 9.47 Å². The Hall–Kier alpha value is -0.810. The molecular formula is C19H40IN5O3. The third kappa shape index (κ3) is 12.6. The van der Waals surface area contributed by atoms with Crippen molar-refractivity contribution in [1.82, 2.24) is 20.4 Å². The van der Waals surface area contributed by atoms with Gasteiger partial charge in [0.15, 0.2) is 5.96 Å². The Morgan fingerprint density at radius 2 is 1.86 bits per heavy atom. The first-order valence-corrected chi connectivity index (χ1v) is 10.2. The number of hydrogen-bond acceptors (Lipinski definition) is 5. The number of halogens is 1. The van der Waals surface area contributed by atoms with E-state index in [1.807, 2.05) is 27.7 Å². The molecular weight excluding hydrogens is 473 g/mol. The van der Waals surface area contributed by atoms with E-state index in [0.717, 1.165) is 58.3 Å². The number of hydrogen-bond donors (Lipinski definition) is 2. The number of nitrogens with zero attached hydrogens (tertiary/aromatic N) is 3. The van der Waals surface area contributed by atoms with Gasteiger partial charge < -0.3 is 25.0 Å². The first kappa shape index (κ1) is 27.2. The summed E-state index contributed by atoms with van der Waals surface area (Å²) in [5.41, 5.74) is -0.480. The Balaban J connectivity index is 0.00000729. The van der Waals surface area contributed by atoms with E-state index in [2.05, 4.69) is 27.4 Å². The average Bonchev–Trinajstić information content (AvgIpc) is 2.60. The Kier molecular flexibility index (Phi) is 14.6. The number of morpholine rings is 1. The lowest BCUT2D eigenvalue weighted by atomic mass is 10.2. The Labute approximate surface area is 187 Å². The van der Waals surface area contributed by atoms with Crippen molar-refractivity contribution in [3.8, 4) is 0 Å². The number of ether oxygens (including phenoxy) is 2. The van der Waals surface area contributed by atoms with E-state index in [4.69, 9.17) is 9.47 Å². The van der Waals surface area contributed by atoms with Gasteiger partial charge in [0, 0.05) is 45.8 Å². The molecule has 0 spiro atoms. The number of rotatable bonds is 9. The lowest BCUT2D eigenvalue weighted by molar-refractivity contribution is 0.0253. The van der Waals surface area contributed by atoms with Crippen LogP contribution in [-0.4, -0.2) is 93.0 Å². The second-order valence-electron chi connectivity index (χ2n) is 7.61. The van der Waals surface area contributed by atoms with Gasteiger partial charge in [0.2, 0.25) is 0 Å². The van der Waals surface area contributed by atoms with E-state index in [9.17, 15) is 4.79 Å². The highest BCUT2D eigenvalue weighted by Gasteiger charge is 2.21. The summed E-state index contributed by atoms with van der Waals surface area (Å²) in [5, 5.41) is 6.57. The monoisotopic (exact) mass is 513 g/mol. The van der Waals surface area contributed by atoms with Crippen LogP contribution in [0.5, 0.6) is 0 Å². The standard InChI is InChI=1S/C19H39N5O3.HI/c1-6-10-24(18(25)27-19(3,4)5)12-9-22-17(20-7-2)21-8-11-23-13-15-26-16-14-23;/h6-16H2,1-5H3,(H2,20,21,22);1H. The number of aliphatic imine (C=N–C) groups is 1. The summed E-state index contributed by atoms with van der Waals surface area (Å²) in [6.07, 6.45) is 0.632. The molecule has 0 aromatic carbocycles. The molecule has 2 N–H and O–H groups in total. The van der Waals surface area contributed by atoms with Gasteiger partial charge >= 0.3 is 6.09 Å². The van der Waals surface area contributed by atoms with Crippen molar-refractivity contribution < 1.29 is 14.3 Å². The molecule has 0 radical (unpaired) electrons. The highest BCUT2D eigenvalue weighted by atomic mass is 127. The topological polar surface area (TPSA) is 78.4 Å². The van der Waals surface area contributed by atoms with E-state index in [0.29, 0.717) is 19.6 Å². The van der Waals surface area contributed by atoms with E-state index in [1.165, 1.54) is 0 Å². The fourth-order valence-corrected chi connectivity index (χ4v) is 2.67. The molecule has 1 aliphatic heterocycles. The molecule has 0 atom stereocenters. The number of amides is 1. The fourth-order valence-electron chi connectivity index (χ4n) is 2.67. The smallest absolute Gasteiger partial charge is 0.410 e. The zero-order valence-electron chi connectivity index (χ0n) is 18.3. The third-order valence-electron chi connectivity index (χ3n) is 3.95. The van der Waals surface area contributed by atoms with Gasteiger partial charge in [-0.25, -0.2) is 4.79 Å². The van der Waals surface area contributed by atoms with Crippen LogP contribution in [0.15, 0.2) is 4.99 Å². The van der Waals surface area contributed by atoms with Crippen molar-refractivity contribution in [3.63, 3.8) is 0 Å². The number of guanidine groups is 1. The van der Waals surface area contributed by atoms with Crippen LogP contribution in [0, 0.1) is 0 Å². The first-order valence-electron chi connectivity index (χ1n) is 10.2. The minimum Gasteiger partial charge on any atom is -0.444 e. The SMILES string of the molecule is CCCN(CCNC(=NCCN1CCOCC1)NCC)C(=O)OC(C)(C)C.I. The summed E-state index contributed by atoms with van der Waals surface area (Å²) < 4.78 is 10.9. The Morgan fingerprint density at radius 1 is 1.18 bits per heavy atom. The Morgan fingerprint density at radius 3 is 2.43 bits per heavy atom. The van der Waals surface area contributed by atoms with Crippen LogP contribution in [0.2, 0.25) is 0 Å². The van der Waals surface area contributed by atoms with Crippen molar-refractivity contribution in [1.29, 1.82) is 0 Å². The maximum atomic E-state index is 12.3. The number of nitrogens with one attached hydrogen (secondary N) is 2. The van der Waals surface area contributed by atoms with Gasteiger partial charge in [-0.15, -0.1) is 24.0 Å². The number of carbonyl (C=O) groups excluding carboxylic acids is 1.